The number of carbonyl (C=O) groups excluding carboxylic acids is 1. The van der Waals surface area contributed by atoms with E-state index in [1.54, 1.807) is 29.2 Å². The molecule has 1 aromatic carbocycles. The Morgan fingerprint density at radius 3 is 2.89 bits per heavy atom. The molecular formula is C18H19ClN6O2. The number of urea groups is 1. The molecule has 140 valence electrons. The number of amides is 2. The van der Waals surface area contributed by atoms with E-state index >= 15 is 0 Å². The second kappa shape index (κ2) is 7.03. The molecule has 0 saturated carbocycles. The number of nitrogens with zero attached hydrogens (tertiary/aromatic N) is 5. The molecule has 3 aromatic rings. The summed E-state index contributed by atoms with van der Waals surface area (Å²) in [5.41, 5.74) is 3.15. The molecule has 1 unspecified atom stereocenters. The highest BCUT2D eigenvalue weighted by Crippen LogP contribution is 2.36. The van der Waals surface area contributed by atoms with E-state index in [4.69, 9.17) is 16.1 Å². The Morgan fingerprint density at radius 2 is 2.22 bits per heavy atom. The Labute approximate surface area is 161 Å². The van der Waals surface area contributed by atoms with Crippen molar-refractivity contribution in [2.75, 3.05) is 11.9 Å². The zero-order valence-corrected chi connectivity index (χ0v) is 15.8. The third-order valence-corrected chi connectivity index (χ3v) is 5.10. The predicted molar refractivity (Wildman–Crippen MR) is 100 cm³/mol. The van der Waals surface area contributed by atoms with Crippen LogP contribution in [0.2, 0.25) is 5.02 Å². The molecule has 8 nitrogen and oxygen atoms in total. The highest BCUT2D eigenvalue weighted by atomic mass is 35.5. The minimum Gasteiger partial charge on any atom is -0.361 e. The maximum absolute atomic E-state index is 12.9. The standard InChI is InChI=1S/C18H19ClN6O2/c1-11-17(12(2)27-23-11)16-4-3-7-24(16)18(26)22-13-5-6-15(14(19)8-13)25-10-20-9-21-25/h5-6,8-10,16H,3-4,7H2,1-2H3,(H,22,26). The normalized spacial score (nSPS) is 16.7. The number of aryl methyl sites for hydroxylation is 2. The number of rotatable bonds is 3. The topological polar surface area (TPSA) is 89.1 Å². The zero-order valence-electron chi connectivity index (χ0n) is 15.0. The lowest BCUT2D eigenvalue weighted by Gasteiger charge is -2.25. The van der Waals surface area contributed by atoms with Crippen molar-refractivity contribution in [2.24, 2.45) is 0 Å². The molecule has 0 aliphatic carbocycles. The maximum Gasteiger partial charge on any atom is 0.322 e. The SMILES string of the molecule is Cc1noc(C)c1C1CCCN1C(=O)Nc1ccc(-n2cncn2)c(Cl)c1. The lowest BCUT2D eigenvalue weighted by Crippen LogP contribution is -2.34. The summed E-state index contributed by atoms with van der Waals surface area (Å²) in [6.45, 7) is 4.47. The van der Waals surface area contributed by atoms with Crippen LogP contribution in [0.25, 0.3) is 5.69 Å². The van der Waals surface area contributed by atoms with Crippen molar-refractivity contribution < 1.29 is 9.32 Å². The summed E-state index contributed by atoms with van der Waals surface area (Å²) in [5, 5.41) is 11.5. The molecule has 0 radical (unpaired) electrons. The van der Waals surface area contributed by atoms with Gasteiger partial charge < -0.3 is 14.7 Å². The van der Waals surface area contributed by atoms with Crippen LogP contribution in [-0.4, -0.2) is 37.4 Å². The van der Waals surface area contributed by atoms with E-state index in [1.807, 2.05) is 18.7 Å². The second-order valence-electron chi connectivity index (χ2n) is 6.53. The van der Waals surface area contributed by atoms with E-state index < -0.39 is 0 Å². The van der Waals surface area contributed by atoms with Crippen molar-refractivity contribution >= 4 is 23.3 Å². The largest absolute Gasteiger partial charge is 0.361 e. The van der Waals surface area contributed by atoms with Crippen LogP contribution in [0.5, 0.6) is 0 Å². The van der Waals surface area contributed by atoms with Gasteiger partial charge in [-0.2, -0.15) is 5.10 Å². The van der Waals surface area contributed by atoms with Crippen molar-refractivity contribution in [3.05, 3.63) is 52.9 Å². The Morgan fingerprint density at radius 1 is 1.37 bits per heavy atom. The van der Waals surface area contributed by atoms with Gasteiger partial charge in [0.2, 0.25) is 0 Å². The summed E-state index contributed by atoms with van der Waals surface area (Å²) in [7, 11) is 0. The Balaban J connectivity index is 1.53. The lowest BCUT2D eigenvalue weighted by molar-refractivity contribution is 0.206. The number of benzene rings is 1. The van der Waals surface area contributed by atoms with Gasteiger partial charge in [-0.3, -0.25) is 0 Å². The van der Waals surface area contributed by atoms with Crippen LogP contribution in [0.1, 0.15) is 35.9 Å². The average Bonchev–Trinajstić information content (AvgIpc) is 3.36. The van der Waals surface area contributed by atoms with Gasteiger partial charge in [-0.15, -0.1) is 0 Å². The van der Waals surface area contributed by atoms with Crippen molar-refractivity contribution in [1.29, 1.82) is 0 Å². The Hall–Kier alpha value is -2.87. The van der Waals surface area contributed by atoms with Gasteiger partial charge in [-0.1, -0.05) is 16.8 Å². The number of carbonyl (C=O) groups is 1. The van der Waals surface area contributed by atoms with E-state index in [0.29, 0.717) is 22.9 Å². The first-order chi connectivity index (χ1) is 13.0. The van der Waals surface area contributed by atoms with Crippen LogP contribution >= 0.6 is 11.6 Å². The number of hydrogen-bond donors (Lipinski definition) is 1. The number of aromatic nitrogens is 4. The molecule has 9 heteroatoms. The first kappa shape index (κ1) is 17.5. The van der Waals surface area contributed by atoms with Crippen LogP contribution < -0.4 is 5.32 Å². The van der Waals surface area contributed by atoms with Gasteiger partial charge >= 0.3 is 6.03 Å². The fourth-order valence-corrected chi connectivity index (χ4v) is 3.84. The minimum absolute atomic E-state index is 0.0267. The van der Waals surface area contributed by atoms with Crippen LogP contribution in [0.15, 0.2) is 35.4 Å². The molecule has 1 aliphatic heterocycles. The van der Waals surface area contributed by atoms with Crippen LogP contribution in [0.4, 0.5) is 10.5 Å². The summed E-state index contributed by atoms with van der Waals surface area (Å²) < 4.78 is 6.85. The highest BCUT2D eigenvalue weighted by Gasteiger charge is 2.33. The van der Waals surface area contributed by atoms with E-state index in [9.17, 15) is 4.79 Å². The summed E-state index contributed by atoms with van der Waals surface area (Å²) in [6, 6.07) is 5.10. The highest BCUT2D eigenvalue weighted by molar-refractivity contribution is 6.32. The summed E-state index contributed by atoms with van der Waals surface area (Å²) in [5.74, 6) is 0.762. The van der Waals surface area contributed by atoms with E-state index in [1.165, 1.54) is 6.33 Å². The second-order valence-corrected chi connectivity index (χ2v) is 6.93. The molecule has 2 amide bonds. The van der Waals surface area contributed by atoms with Gasteiger partial charge in [0.1, 0.15) is 18.4 Å². The maximum atomic E-state index is 12.9. The fraction of sp³-hybridized carbons (Fsp3) is 0.333. The molecule has 0 bridgehead atoms. The first-order valence-corrected chi connectivity index (χ1v) is 9.07. The molecule has 0 spiro atoms. The number of anilines is 1. The minimum atomic E-state index is -0.165. The lowest BCUT2D eigenvalue weighted by atomic mass is 10.0. The van der Waals surface area contributed by atoms with Crippen molar-refractivity contribution in [3.63, 3.8) is 0 Å². The van der Waals surface area contributed by atoms with Crippen molar-refractivity contribution in [1.82, 2.24) is 24.8 Å². The van der Waals surface area contributed by atoms with Crippen molar-refractivity contribution in [2.45, 2.75) is 32.7 Å². The smallest absolute Gasteiger partial charge is 0.322 e. The molecular weight excluding hydrogens is 368 g/mol. The van der Waals surface area contributed by atoms with Gasteiger partial charge in [0.15, 0.2) is 0 Å². The molecule has 1 aliphatic rings. The number of halogens is 1. The third-order valence-electron chi connectivity index (χ3n) is 4.80. The van der Waals surface area contributed by atoms with Crippen LogP contribution in [0.3, 0.4) is 0 Å². The molecule has 2 aromatic heterocycles. The number of nitrogens with one attached hydrogen (secondary N) is 1. The Kier molecular flexibility index (Phi) is 4.57. The predicted octanol–water partition coefficient (Wildman–Crippen LogP) is 3.89. The van der Waals surface area contributed by atoms with Gasteiger partial charge in [-0.25, -0.2) is 14.5 Å². The zero-order chi connectivity index (χ0) is 19.0. The first-order valence-electron chi connectivity index (χ1n) is 8.69. The van der Waals surface area contributed by atoms with Crippen LogP contribution in [-0.2, 0) is 0 Å². The number of hydrogen-bond acceptors (Lipinski definition) is 5. The quantitative estimate of drug-likeness (QED) is 0.737. The summed E-state index contributed by atoms with van der Waals surface area (Å²) >= 11 is 6.34. The van der Waals surface area contributed by atoms with Gasteiger partial charge in [0.25, 0.3) is 0 Å². The molecule has 3 heterocycles. The summed E-state index contributed by atoms with van der Waals surface area (Å²) in [4.78, 5) is 18.6. The summed E-state index contributed by atoms with van der Waals surface area (Å²) in [6.07, 6.45) is 4.84. The molecule has 27 heavy (non-hydrogen) atoms. The van der Waals surface area contributed by atoms with E-state index in [0.717, 1.165) is 29.9 Å². The van der Waals surface area contributed by atoms with E-state index in [2.05, 4.69) is 20.6 Å². The van der Waals surface area contributed by atoms with E-state index in [-0.39, 0.29) is 12.1 Å². The Bertz CT molecular complexity index is 949. The van der Waals surface area contributed by atoms with Gasteiger partial charge in [-0.05, 0) is 44.9 Å². The molecule has 1 saturated heterocycles. The van der Waals surface area contributed by atoms with Crippen molar-refractivity contribution in [3.8, 4) is 5.69 Å². The molecule has 1 atom stereocenters. The average molecular weight is 387 g/mol. The molecule has 1 N–H and O–H groups in total. The van der Waals surface area contributed by atoms with Gasteiger partial charge in [0.05, 0.1) is 22.4 Å². The number of likely N-dealkylation sites (tertiary alicyclic amines) is 1. The molecule has 1 fully saturated rings. The van der Waals surface area contributed by atoms with Gasteiger partial charge in [0, 0.05) is 17.8 Å². The fourth-order valence-electron chi connectivity index (χ4n) is 3.57. The third kappa shape index (κ3) is 3.28. The monoisotopic (exact) mass is 386 g/mol. The van der Waals surface area contributed by atoms with Crippen LogP contribution in [0, 0.1) is 13.8 Å². The molecule has 4 rings (SSSR count).